The van der Waals surface area contributed by atoms with Gasteiger partial charge >= 0.3 is 6.18 Å². The molecule has 130 valence electrons. The summed E-state index contributed by atoms with van der Waals surface area (Å²) in [6, 6.07) is 5.21. The first-order valence-electron chi connectivity index (χ1n) is 8.00. The lowest BCUT2D eigenvalue weighted by molar-refractivity contribution is -0.137. The number of nitriles is 1. The van der Waals surface area contributed by atoms with E-state index >= 15 is 0 Å². The fourth-order valence-corrected chi connectivity index (χ4v) is 2.95. The van der Waals surface area contributed by atoms with E-state index in [9.17, 15) is 18.0 Å². The molecule has 0 radical (unpaired) electrons. The number of hydrogen-bond donors (Lipinski definition) is 1. The Kier molecular flexibility index (Phi) is 5.71. The van der Waals surface area contributed by atoms with E-state index in [2.05, 4.69) is 5.32 Å². The van der Waals surface area contributed by atoms with Gasteiger partial charge in [0.05, 0.1) is 17.2 Å². The average Bonchev–Trinajstić information content (AvgIpc) is 2.54. The number of alkyl halides is 3. The molecule has 1 saturated heterocycles. The molecule has 1 aromatic carbocycles. The number of halogens is 3. The first kappa shape index (κ1) is 18.1. The van der Waals surface area contributed by atoms with Crippen LogP contribution in [0.25, 0.3) is 0 Å². The monoisotopic (exact) mass is 339 g/mol. The second-order valence-electron chi connectivity index (χ2n) is 5.94. The van der Waals surface area contributed by atoms with Crippen LogP contribution >= 0.6 is 0 Å². The van der Waals surface area contributed by atoms with Crippen LogP contribution in [0.2, 0.25) is 0 Å². The summed E-state index contributed by atoms with van der Waals surface area (Å²) < 4.78 is 40.0. The normalized spacial score (nSPS) is 18.1. The van der Waals surface area contributed by atoms with Crippen molar-refractivity contribution in [3.8, 4) is 6.07 Å². The fourth-order valence-electron chi connectivity index (χ4n) is 2.95. The first-order chi connectivity index (χ1) is 11.3. The van der Waals surface area contributed by atoms with E-state index in [-0.39, 0.29) is 23.2 Å². The van der Waals surface area contributed by atoms with Crippen LogP contribution in [0.5, 0.6) is 0 Å². The van der Waals surface area contributed by atoms with Gasteiger partial charge in [0.1, 0.15) is 0 Å². The summed E-state index contributed by atoms with van der Waals surface area (Å²) in [6.07, 6.45) is -1.92. The summed E-state index contributed by atoms with van der Waals surface area (Å²) >= 11 is 0. The molecule has 0 aromatic heterocycles. The molecule has 1 heterocycles. The molecule has 2 rings (SSSR count). The SMILES string of the molecule is CCCC(=O)NC1CCCN(c2ccc(C#N)cc2C(F)(F)F)C1. The van der Waals surface area contributed by atoms with Gasteiger partial charge in [0.25, 0.3) is 0 Å². The molecular formula is C17H20F3N3O. The molecule has 1 aliphatic heterocycles. The van der Waals surface area contributed by atoms with E-state index in [1.165, 1.54) is 12.1 Å². The highest BCUT2D eigenvalue weighted by Crippen LogP contribution is 2.38. The van der Waals surface area contributed by atoms with E-state index in [0.717, 1.165) is 18.9 Å². The maximum absolute atomic E-state index is 13.3. The Bertz CT molecular complexity index is 637. The molecular weight excluding hydrogens is 319 g/mol. The van der Waals surface area contributed by atoms with Gasteiger partial charge in [-0.05, 0) is 37.5 Å². The van der Waals surface area contributed by atoms with Gasteiger partial charge in [0.2, 0.25) is 5.91 Å². The van der Waals surface area contributed by atoms with Crippen molar-refractivity contribution in [3.05, 3.63) is 29.3 Å². The highest BCUT2D eigenvalue weighted by atomic mass is 19.4. The number of anilines is 1. The lowest BCUT2D eigenvalue weighted by atomic mass is 10.0. The third-order valence-corrected chi connectivity index (χ3v) is 4.04. The number of carbonyl (C=O) groups excluding carboxylic acids is 1. The van der Waals surface area contributed by atoms with Crippen molar-refractivity contribution < 1.29 is 18.0 Å². The zero-order chi connectivity index (χ0) is 17.7. The van der Waals surface area contributed by atoms with E-state index < -0.39 is 11.7 Å². The molecule has 0 bridgehead atoms. The van der Waals surface area contributed by atoms with Gasteiger partial charge in [-0.1, -0.05) is 6.92 Å². The summed E-state index contributed by atoms with van der Waals surface area (Å²) in [4.78, 5) is 13.4. The predicted octanol–water partition coefficient (Wildman–Crippen LogP) is 3.46. The second-order valence-corrected chi connectivity index (χ2v) is 5.94. The smallest absolute Gasteiger partial charge is 0.369 e. The molecule has 0 spiro atoms. The topological polar surface area (TPSA) is 56.1 Å². The van der Waals surface area contributed by atoms with E-state index in [4.69, 9.17) is 5.26 Å². The lowest BCUT2D eigenvalue weighted by Crippen LogP contribution is -2.48. The molecule has 1 fully saturated rings. The number of rotatable bonds is 4. The molecule has 1 aromatic rings. The summed E-state index contributed by atoms with van der Waals surface area (Å²) in [5.74, 6) is -0.0692. The third-order valence-electron chi connectivity index (χ3n) is 4.04. The van der Waals surface area contributed by atoms with Crippen molar-refractivity contribution in [1.29, 1.82) is 5.26 Å². The molecule has 0 saturated carbocycles. The minimum Gasteiger partial charge on any atom is -0.369 e. The number of nitrogens with one attached hydrogen (secondary N) is 1. The minimum atomic E-state index is -4.53. The number of carbonyl (C=O) groups is 1. The zero-order valence-corrected chi connectivity index (χ0v) is 13.5. The Morgan fingerprint density at radius 2 is 2.21 bits per heavy atom. The molecule has 24 heavy (non-hydrogen) atoms. The fraction of sp³-hybridized carbons (Fsp3) is 0.529. The highest BCUT2D eigenvalue weighted by molar-refractivity contribution is 5.76. The lowest BCUT2D eigenvalue weighted by Gasteiger charge is -2.36. The Hall–Kier alpha value is -2.23. The number of hydrogen-bond acceptors (Lipinski definition) is 3. The van der Waals surface area contributed by atoms with Crippen molar-refractivity contribution in [2.24, 2.45) is 0 Å². The Labute approximate surface area is 139 Å². The van der Waals surface area contributed by atoms with Crippen molar-refractivity contribution in [2.75, 3.05) is 18.0 Å². The molecule has 1 amide bonds. The zero-order valence-electron chi connectivity index (χ0n) is 13.5. The van der Waals surface area contributed by atoms with Crippen molar-refractivity contribution >= 4 is 11.6 Å². The van der Waals surface area contributed by atoms with E-state index in [1.54, 1.807) is 11.0 Å². The van der Waals surface area contributed by atoms with Gasteiger partial charge in [-0.25, -0.2) is 0 Å². The van der Waals surface area contributed by atoms with Gasteiger partial charge in [-0.15, -0.1) is 0 Å². The van der Waals surface area contributed by atoms with E-state index in [0.29, 0.717) is 25.9 Å². The Morgan fingerprint density at radius 3 is 2.83 bits per heavy atom. The van der Waals surface area contributed by atoms with Crippen LogP contribution in [-0.2, 0) is 11.0 Å². The number of benzene rings is 1. The Balaban J connectivity index is 2.21. The van der Waals surface area contributed by atoms with E-state index in [1.807, 2.05) is 6.92 Å². The molecule has 1 N–H and O–H groups in total. The van der Waals surface area contributed by atoms with Crippen molar-refractivity contribution in [2.45, 2.75) is 44.8 Å². The molecule has 1 unspecified atom stereocenters. The number of piperidine rings is 1. The predicted molar refractivity (Wildman–Crippen MR) is 84.4 cm³/mol. The number of nitrogens with zero attached hydrogens (tertiary/aromatic N) is 2. The van der Waals surface area contributed by atoms with Crippen LogP contribution < -0.4 is 10.2 Å². The second kappa shape index (κ2) is 7.56. The average molecular weight is 339 g/mol. The van der Waals surface area contributed by atoms with Gasteiger partial charge in [-0.2, -0.15) is 18.4 Å². The largest absolute Gasteiger partial charge is 0.418 e. The van der Waals surface area contributed by atoms with Gasteiger partial charge in [0, 0.05) is 31.2 Å². The summed E-state index contributed by atoms with van der Waals surface area (Å²) in [5, 5.41) is 11.7. The third kappa shape index (κ3) is 4.40. The maximum Gasteiger partial charge on any atom is 0.418 e. The highest BCUT2D eigenvalue weighted by Gasteiger charge is 2.36. The van der Waals surface area contributed by atoms with Crippen LogP contribution in [0.3, 0.4) is 0 Å². The summed E-state index contributed by atoms with van der Waals surface area (Å²) in [6.45, 7) is 2.73. The standard InChI is InChI=1S/C17H20F3N3O/c1-2-4-16(24)22-13-5-3-8-23(11-13)15-7-6-12(10-21)9-14(15)17(18,19)20/h6-7,9,13H,2-5,8,11H2,1H3,(H,22,24). The summed E-state index contributed by atoms with van der Waals surface area (Å²) in [5.41, 5.74) is -0.756. The minimum absolute atomic E-state index is 0.0177. The maximum atomic E-state index is 13.3. The quantitative estimate of drug-likeness (QED) is 0.914. The first-order valence-corrected chi connectivity index (χ1v) is 8.00. The van der Waals surface area contributed by atoms with Crippen LogP contribution in [0.4, 0.5) is 18.9 Å². The number of amides is 1. The summed E-state index contributed by atoms with van der Waals surface area (Å²) in [7, 11) is 0. The van der Waals surface area contributed by atoms with Crippen molar-refractivity contribution in [1.82, 2.24) is 5.32 Å². The van der Waals surface area contributed by atoms with Gasteiger partial charge in [0.15, 0.2) is 0 Å². The molecule has 7 heteroatoms. The van der Waals surface area contributed by atoms with Crippen LogP contribution in [0, 0.1) is 11.3 Å². The van der Waals surface area contributed by atoms with Crippen LogP contribution in [0.1, 0.15) is 43.7 Å². The van der Waals surface area contributed by atoms with Gasteiger partial charge in [-0.3, -0.25) is 4.79 Å². The van der Waals surface area contributed by atoms with Crippen molar-refractivity contribution in [3.63, 3.8) is 0 Å². The van der Waals surface area contributed by atoms with Gasteiger partial charge < -0.3 is 10.2 Å². The van der Waals surface area contributed by atoms with Crippen LogP contribution in [0.15, 0.2) is 18.2 Å². The van der Waals surface area contributed by atoms with Crippen LogP contribution in [-0.4, -0.2) is 25.0 Å². The molecule has 1 aliphatic rings. The Morgan fingerprint density at radius 1 is 1.46 bits per heavy atom. The molecule has 0 aliphatic carbocycles. The molecule has 4 nitrogen and oxygen atoms in total. The molecule has 1 atom stereocenters.